The molecule has 0 aliphatic carbocycles. The van der Waals surface area contributed by atoms with Crippen molar-refractivity contribution in [1.29, 1.82) is 0 Å². The Kier molecular flexibility index (Phi) is 4.19. The van der Waals surface area contributed by atoms with Crippen molar-refractivity contribution in [1.82, 2.24) is 4.90 Å². The third-order valence-electron chi connectivity index (χ3n) is 3.79. The zero-order valence-corrected chi connectivity index (χ0v) is 12.1. The third-order valence-corrected chi connectivity index (χ3v) is 3.79. The lowest BCUT2D eigenvalue weighted by Gasteiger charge is -2.38. The van der Waals surface area contributed by atoms with Crippen LogP contribution >= 0.6 is 0 Å². The lowest BCUT2D eigenvalue weighted by Crippen LogP contribution is -2.60. The molecule has 3 rings (SSSR count). The van der Waals surface area contributed by atoms with Gasteiger partial charge in [-0.05, 0) is 11.1 Å². The predicted octanol–water partition coefficient (Wildman–Crippen LogP) is 2.82. The summed E-state index contributed by atoms with van der Waals surface area (Å²) >= 11 is 0. The Labute approximate surface area is 129 Å². The second-order valence-electron chi connectivity index (χ2n) is 5.34. The lowest BCUT2D eigenvalue weighted by atomic mass is 9.94. The van der Waals surface area contributed by atoms with Crippen LogP contribution in [0.3, 0.4) is 0 Å². The number of Topliss-reactive ketones (excluding diaryl/α,β-unsaturated/α-hetero) is 1. The number of carbonyl (C=O) groups is 2. The maximum Gasteiger partial charge on any atom is 0.411 e. The van der Waals surface area contributed by atoms with Gasteiger partial charge in [0.05, 0.1) is 6.54 Å². The number of ether oxygens (including phenoxy) is 1. The van der Waals surface area contributed by atoms with Crippen LogP contribution in [0.5, 0.6) is 0 Å². The Morgan fingerprint density at radius 3 is 2.18 bits per heavy atom. The summed E-state index contributed by atoms with van der Waals surface area (Å²) in [6.45, 7) is 0.369. The molecule has 0 spiro atoms. The third kappa shape index (κ3) is 3.17. The number of benzene rings is 2. The summed E-state index contributed by atoms with van der Waals surface area (Å²) in [5, 5.41) is 0. The molecule has 112 valence electrons. The van der Waals surface area contributed by atoms with E-state index < -0.39 is 12.1 Å². The lowest BCUT2D eigenvalue weighted by molar-refractivity contribution is -0.134. The fraction of sp³-hybridized carbons (Fsp3) is 0.222. The molecule has 0 N–H and O–H groups in total. The summed E-state index contributed by atoms with van der Waals surface area (Å²) in [5.74, 6) is 0.0838. The number of hydrogen-bond donors (Lipinski definition) is 0. The summed E-state index contributed by atoms with van der Waals surface area (Å²) in [6.07, 6.45) is 0.115. The van der Waals surface area contributed by atoms with Gasteiger partial charge in [-0.25, -0.2) is 4.79 Å². The monoisotopic (exact) mass is 295 g/mol. The summed E-state index contributed by atoms with van der Waals surface area (Å²) in [5.41, 5.74) is 1.98. The second kappa shape index (κ2) is 6.43. The molecule has 2 aromatic rings. The van der Waals surface area contributed by atoms with Gasteiger partial charge >= 0.3 is 6.09 Å². The zero-order valence-electron chi connectivity index (χ0n) is 12.1. The van der Waals surface area contributed by atoms with Gasteiger partial charge in [-0.1, -0.05) is 60.7 Å². The Balaban J connectivity index is 1.57. The van der Waals surface area contributed by atoms with E-state index in [1.807, 2.05) is 60.7 Å². The Hall–Kier alpha value is -2.62. The fourth-order valence-corrected chi connectivity index (χ4v) is 2.50. The Morgan fingerprint density at radius 2 is 1.59 bits per heavy atom. The van der Waals surface area contributed by atoms with Crippen molar-refractivity contribution >= 4 is 11.9 Å². The quantitative estimate of drug-likeness (QED) is 0.871. The van der Waals surface area contributed by atoms with Crippen LogP contribution < -0.4 is 0 Å². The van der Waals surface area contributed by atoms with Gasteiger partial charge in [-0.15, -0.1) is 0 Å². The van der Waals surface area contributed by atoms with Gasteiger partial charge < -0.3 is 4.74 Å². The van der Waals surface area contributed by atoms with Crippen LogP contribution in [0.15, 0.2) is 60.7 Å². The van der Waals surface area contributed by atoms with Gasteiger partial charge in [0, 0.05) is 6.42 Å². The smallest absolute Gasteiger partial charge is 0.411 e. The summed E-state index contributed by atoms with van der Waals surface area (Å²) in [6, 6.07) is 18.8. The summed E-state index contributed by atoms with van der Waals surface area (Å²) in [7, 11) is 0. The SMILES string of the molecule is O=C1CN(C(=O)OCc2ccccc2)[C@@H]1Cc1ccccc1. The minimum atomic E-state index is -0.426. The summed E-state index contributed by atoms with van der Waals surface area (Å²) < 4.78 is 5.28. The minimum absolute atomic E-state index is 0.0838. The molecule has 1 amide bonds. The van der Waals surface area contributed by atoms with Gasteiger partial charge in [-0.2, -0.15) is 0 Å². The van der Waals surface area contributed by atoms with Crippen LogP contribution in [0, 0.1) is 0 Å². The highest BCUT2D eigenvalue weighted by molar-refractivity contribution is 5.97. The molecule has 1 heterocycles. The van der Waals surface area contributed by atoms with Crippen molar-refractivity contribution in [2.75, 3.05) is 6.54 Å². The molecule has 22 heavy (non-hydrogen) atoms. The molecule has 0 unspecified atom stereocenters. The van der Waals surface area contributed by atoms with Crippen molar-refractivity contribution in [2.24, 2.45) is 0 Å². The van der Waals surface area contributed by atoms with Crippen LogP contribution in [0.25, 0.3) is 0 Å². The van der Waals surface area contributed by atoms with Gasteiger partial charge in [0.2, 0.25) is 0 Å². The van der Waals surface area contributed by atoms with E-state index in [0.717, 1.165) is 11.1 Å². The molecule has 0 bridgehead atoms. The average molecular weight is 295 g/mol. The number of nitrogens with zero attached hydrogens (tertiary/aromatic N) is 1. The maximum absolute atomic E-state index is 12.1. The van der Waals surface area contributed by atoms with Gasteiger partial charge in [0.25, 0.3) is 0 Å². The molecule has 1 aliphatic heterocycles. The van der Waals surface area contributed by atoms with Crippen LogP contribution in [-0.4, -0.2) is 29.4 Å². The average Bonchev–Trinajstić information content (AvgIpc) is 2.57. The first-order valence-corrected chi connectivity index (χ1v) is 7.28. The van der Waals surface area contributed by atoms with Crippen molar-refractivity contribution in [3.63, 3.8) is 0 Å². The highest BCUT2D eigenvalue weighted by atomic mass is 16.6. The van der Waals surface area contributed by atoms with E-state index in [-0.39, 0.29) is 18.9 Å². The van der Waals surface area contributed by atoms with E-state index in [9.17, 15) is 9.59 Å². The molecule has 1 saturated heterocycles. The van der Waals surface area contributed by atoms with Crippen molar-refractivity contribution in [2.45, 2.75) is 19.1 Å². The molecular weight excluding hydrogens is 278 g/mol. The fourth-order valence-electron chi connectivity index (χ4n) is 2.50. The molecule has 1 atom stereocenters. The first-order chi connectivity index (χ1) is 10.7. The van der Waals surface area contributed by atoms with Crippen molar-refractivity contribution in [3.05, 3.63) is 71.8 Å². The number of carbonyl (C=O) groups excluding carboxylic acids is 2. The molecule has 0 radical (unpaired) electrons. The molecule has 1 fully saturated rings. The van der Waals surface area contributed by atoms with E-state index in [1.54, 1.807) is 0 Å². The van der Waals surface area contributed by atoms with E-state index in [4.69, 9.17) is 4.74 Å². The van der Waals surface area contributed by atoms with E-state index in [0.29, 0.717) is 6.42 Å². The first-order valence-electron chi connectivity index (χ1n) is 7.28. The van der Waals surface area contributed by atoms with Crippen LogP contribution in [0.4, 0.5) is 4.79 Å². The maximum atomic E-state index is 12.1. The van der Waals surface area contributed by atoms with E-state index >= 15 is 0 Å². The van der Waals surface area contributed by atoms with Gasteiger partial charge in [0.1, 0.15) is 12.6 Å². The van der Waals surface area contributed by atoms with Crippen molar-refractivity contribution in [3.8, 4) is 0 Å². The molecule has 1 aliphatic rings. The van der Waals surface area contributed by atoms with E-state index in [1.165, 1.54) is 4.90 Å². The largest absolute Gasteiger partial charge is 0.445 e. The Morgan fingerprint density at radius 1 is 1.00 bits per heavy atom. The van der Waals surface area contributed by atoms with Crippen LogP contribution in [-0.2, 0) is 22.6 Å². The number of amides is 1. The number of likely N-dealkylation sites (tertiary alicyclic amines) is 1. The van der Waals surface area contributed by atoms with Crippen molar-refractivity contribution < 1.29 is 14.3 Å². The molecule has 4 heteroatoms. The topological polar surface area (TPSA) is 46.6 Å². The number of ketones is 1. The highest BCUT2D eigenvalue weighted by Gasteiger charge is 2.41. The standard InChI is InChI=1S/C18H17NO3/c20-17-12-19(16(17)11-14-7-3-1-4-8-14)18(21)22-13-15-9-5-2-6-10-15/h1-10,16H,11-13H2/t16-/m1/s1. The van der Waals surface area contributed by atoms with Gasteiger partial charge in [-0.3, -0.25) is 9.69 Å². The normalized spacial score (nSPS) is 17.0. The molecular formula is C18H17NO3. The predicted molar refractivity (Wildman–Crippen MR) is 82.3 cm³/mol. The van der Waals surface area contributed by atoms with Crippen LogP contribution in [0.1, 0.15) is 11.1 Å². The number of hydrogen-bond acceptors (Lipinski definition) is 3. The Bertz CT molecular complexity index is 655. The molecule has 4 nitrogen and oxygen atoms in total. The second-order valence-corrected chi connectivity index (χ2v) is 5.34. The molecule has 2 aromatic carbocycles. The van der Waals surface area contributed by atoms with Crippen LogP contribution in [0.2, 0.25) is 0 Å². The van der Waals surface area contributed by atoms with Gasteiger partial charge in [0.15, 0.2) is 5.78 Å². The highest BCUT2D eigenvalue weighted by Crippen LogP contribution is 2.20. The number of rotatable bonds is 4. The molecule has 0 saturated carbocycles. The zero-order chi connectivity index (χ0) is 15.4. The minimum Gasteiger partial charge on any atom is -0.445 e. The summed E-state index contributed by atoms with van der Waals surface area (Å²) in [4.78, 5) is 25.4. The first kappa shape index (κ1) is 14.3. The van der Waals surface area contributed by atoms with E-state index in [2.05, 4.69) is 0 Å². The molecule has 0 aromatic heterocycles.